The molecule has 0 heterocycles. The van der Waals surface area contributed by atoms with Crippen LogP contribution in [0.2, 0.25) is 0 Å². The van der Waals surface area contributed by atoms with Gasteiger partial charge in [0.15, 0.2) is 5.78 Å². The number of carbonyl (C=O) groups excluding carboxylic acids is 2. The van der Waals surface area contributed by atoms with Crippen LogP contribution in [0.3, 0.4) is 0 Å². The maximum atomic E-state index is 12.1. The van der Waals surface area contributed by atoms with Gasteiger partial charge in [-0.05, 0) is 18.5 Å². The van der Waals surface area contributed by atoms with Crippen molar-refractivity contribution in [2.75, 3.05) is 19.6 Å². The normalized spacial score (nSPS) is 10.8. The zero-order valence-corrected chi connectivity index (χ0v) is 13.3. The van der Waals surface area contributed by atoms with Gasteiger partial charge in [0.1, 0.15) is 5.78 Å². The minimum atomic E-state index is 0.171. The Balaban J connectivity index is 2.35. The molecule has 3 heteroatoms. The molecule has 0 aromatic heterocycles. The fourth-order valence-electron chi connectivity index (χ4n) is 2.31. The molecule has 1 rings (SSSR count). The highest BCUT2D eigenvalue weighted by atomic mass is 16.1. The van der Waals surface area contributed by atoms with Crippen molar-refractivity contribution in [3.05, 3.63) is 35.9 Å². The minimum absolute atomic E-state index is 0.171. The molecule has 116 valence electrons. The van der Waals surface area contributed by atoms with Gasteiger partial charge in [0, 0.05) is 12.8 Å². The van der Waals surface area contributed by atoms with Crippen LogP contribution in [0.15, 0.2) is 30.3 Å². The SMILES string of the molecule is CCCCCC(=O)CN(CC)CC(=O)Cc1ccccc1. The molecule has 0 saturated heterocycles. The van der Waals surface area contributed by atoms with Gasteiger partial charge in [-0.1, -0.05) is 57.0 Å². The first-order valence-corrected chi connectivity index (χ1v) is 7.95. The number of carbonyl (C=O) groups is 2. The molecule has 0 aliphatic rings. The Morgan fingerprint density at radius 1 is 0.952 bits per heavy atom. The van der Waals surface area contributed by atoms with Crippen molar-refractivity contribution in [1.29, 1.82) is 0 Å². The van der Waals surface area contributed by atoms with Gasteiger partial charge < -0.3 is 0 Å². The molecule has 1 aromatic carbocycles. The number of benzene rings is 1. The molecule has 0 fully saturated rings. The van der Waals surface area contributed by atoms with Crippen LogP contribution in [0.5, 0.6) is 0 Å². The minimum Gasteiger partial charge on any atom is -0.298 e. The molecule has 0 bridgehead atoms. The van der Waals surface area contributed by atoms with E-state index in [1.54, 1.807) is 0 Å². The van der Waals surface area contributed by atoms with Crippen molar-refractivity contribution in [1.82, 2.24) is 4.90 Å². The summed E-state index contributed by atoms with van der Waals surface area (Å²) in [6.07, 6.45) is 4.27. The number of ketones is 2. The molecule has 0 aliphatic carbocycles. The number of Topliss-reactive ketones (excluding diaryl/α,β-unsaturated/α-hetero) is 2. The lowest BCUT2D eigenvalue weighted by atomic mass is 10.1. The predicted molar refractivity (Wildman–Crippen MR) is 86.4 cm³/mol. The molecule has 1 aromatic rings. The van der Waals surface area contributed by atoms with Crippen LogP contribution >= 0.6 is 0 Å². The van der Waals surface area contributed by atoms with E-state index in [9.17, 15) is 9.59 Å². The zero-order valence-electron chi connectivity index (χ0n) is 13.3. The van der Waals surface area contributed by atoms with Crippen molar-refractivity contribution in [2.45, 2.75) is 46.0 Å². The van der Waals surface area contributed by atoms with Crippen LogP contribution < -0.4 is 0 Å². The summed E-state index contributed by atoms with van der Waals surface area (Å²) >= 11 is 0. The third-order valence-corrected chi connectivity index (χ3v) is 3.55. The molecule has 0 radical (unpaired) electrons. The van der Waals surface area contributed by atoms with Crippen LogP contribution in [0.25, 0.3) is 0 Å². The second kappa shape index (κ2) is 10.3. The van der Waals surface area contributed by atoms with Gasteiger partial charge in [-0.15, -0.1) is 0 Å². The fraction of sp³-hybridized carbons (Fsp3) is 0.556. The van der Waals surface area contributed by atoms with Gasteiger partial charge in [0.2, 0.25) is 0 Å². The van der Waals surface area contributed by atoms with E-state index in [1.807, 2.05) is 42.2 Å². The second-order valence-electron chi connectivity index (χ2n) is 5.50. The van der Waals surface area contributed by atoms with E-state index < -0.39 is 0 Å². The van der Waals surface area contributed by atoms with E-state index in [-0.39, 0.29) is 11.6 Å². The summed E-state index contributed by atoms with van der Waals surface area (Å²) in [5.74, 6) is 0.419. The molecule has 0 aliphatic heterocycles. The quantitative estimate of drug-likeness (QED) is 0.587. The number of unbranched alkanes of at least 4 members (excludes halogenated alkanes) is 2. The van der Waals surface area contributed by atoms with Gasteiger partial charge >= 0.3 is 0 Å². The van der Waals surface area contributed by atoms with E-state index in [4.69, 9.17) is 0 Å². The van der Waals surface area contributed by atoms with Crippen molar-refractivity contribution in [3.63, 3.8) is 0 Å². The summed E-state index contributed by atoms with van der Waals surface area (Å²) in [5, 5.41) is 0. The lowest BCUT2D eigenvalue weighted by Gasteiger charge is -2.18. The Morgan fingerprint density at radius 2 is 1.62 bits per heavy atom. The van der Waals surface area contributed by atoms with E-state index >= 15 is 0 Å². The molecule has 0 spiro atoms. The van der Waals surface area contributed by atoms with Crippen LogP contribution in [0.4, 0.5) is 0 Å². The van der Waals surface area contributed by atoms with Gasteiger partial charge in [-0.3, -0.25) is 14.5 Å². The molecule has 0 N–H and O–H groups in total. The van der Waals surface area contributed by atoms with Crippen LogP contribution in [0.1, 0.15) is 45.1 Å². The van der Waals surface area contributed by atoms with Crippen LogP contribution in [0, 0.1) is 0 Å². The van der Waals surface area contributed by atoms with Gasteiger partial charge in [0.25, 0.3) is 0 Å². The first-order chi connectivity index (χ1) is 10.2. The summed E-state index contributed by atoms with van der Waals surface area (Å²) < 4.78 is 0. The predicted octanol–water partition coefficient (Wildman–Crippen LogP) is 3.27. The molecule has 0 unspecified atom stereocenters. The third-order valence-electron chi connectivity index (χ3n) is 3.55. The van der Waals surface area contributed by atoms with E-state index in [0.717, 1.165) is 31.4 Å². The Labute approximate surface area is 128 Å². The molecule has 0 saturated carbocycles. The number of hydrogen-bond donors (Lipinski definition) is 0. The molecular formula is C18H27NO2. The highest BCUT2D eigenvalue weighted by molar-refractivity contribution is 5.84. The molecule has 0 amide bonds. The second-order valence-corrected chi connectivity index (χ2v) is 5.50. The molecular weight excluding hydrogens is 262 g/mol. The monoisotopic (exact) mass is 289 g/mol. The molecule has 3 nitrogen and oxygen atoms in total. The van der Waals surface area contributed by atoms with Crippen molar-refractivity contribution in [2.24, 2.45) is 0 Å². The highest BCUT2D eigenvalue weighted by Gasteiger charge is 2.13. The first kappa shape index (κ1) is 17.6. The van der Waals surface area contributed by atoms with Gasteiger partial charge in [0.05, 0.1) is 13.1 Å². The van der Waals surface area contributed by atoms with Crippen LogP contribution in [-0.4, -0.2) is 36.1 Å². The lowest BCUT2D eigenvalue weighted by Crippen LogP contribution is -2.35. The maximum Gasteiger partial charge on any atom is 0.151 e. The first-order valence-electron chi connectivity index (χ1n) is 7.95. The molecule has 0 atom stereocenters. The molecule has 21 heavy (non-hydrogen) atoms. The average Bonchev–Trinajstić information content (AvgIpc) is 2.47. The van der Waals surface area contributed by atoms with Crippen molar-refractivity contribution in [3.8, 4) is 0 Å². The van der Waals surface area contributed by atoms with E-state index in [1.165, 1.54) is 0 Å². The maximum absolute atomic E-state index is 12.1. The summed E-state index contributed by atoms with van der Waals surface area (Å²) in [7, 11) is 0. The zero-order chi connectivity index (χ0) is 15.5. The number of likely N-dealkylation sites (N-methyl/N-ethyl adjacent to an activating group) is 1. The summed E-state index contributed by atoms with van der Waals surface area (Å²) in [6, 6.07) is 9.75. The average molecular weight is 289 g/mol. The van der Waals surface area contributed by atoms with E-state index in [0.29, 0.717) is 25.9 Å². The Bertz CT molecular complexity index is 428. The smallest absolute Gasteiger partial charge is 0.151 e. The fourth-order valence-corrected chi connectivity index (χ4v) is 2.31. The van der Waals surface area contributed by atoms with Gasteiger partial charge in [-0.25, -0.2) is 0 Å². The Morgan fingerprint density at radius 3 is 2.24 bits per heavy atom. The van der Waals surface area contributed by atoms with Crippen molar-refractivity contribution < 1.29 is 9.59 Å². The van der Waals surface area contributed by atoms with Crippen LogP contribution in [-0.2, 0) is 16.0 Å². The highest BCUT2D eigenvalue weighted by Crippen LogP contribution is 2.04. The topological polar surface area (TPSA) is 37.4 Å². The summed E-state index contributed by atoms with van der Waals surface area (Å²) in [4.78, 5) is 25.9. The number of hydrogen-bond acceptors (Lipinski definition) is 3. The summed E-state index contributed by atoms with van der Waals surface area (Å²) in [5.41, 5.74) is 1.04. The number of nitrogens with zero attached hydrogens (tertiary/aromatic N) is 1. The lowest BCUT2D eigenvalue weighted by molar-refractivity contribution is -0.122. The number of rotatable bonds is 11. The van der Waals surface area contributed by atoms with E-state index in [2.05, 4.69) is 6.92 Å². The summed E-state index contributed by atoms with van der Waals surface area (Å²) in [6.45, 7) is 5.63. The van der Waals surface area contributed by atoms with Gasteiger partial charge in [-0.2, -0.15) is 0 Å². The standard InChI is InChI=1S/C18H27NO2/c1-3-5-7-12-17(20)14-19(4-2)15-18(21)13-16-10-8-6-9-11-16/h6,8-11H,3-5,7,12-15H2,1-2H3. The Hall–Kier alpha value is -1.48. The largest absolute Gasteiger partial charge is 0.298 e. The third kappa shape index (κ3) is 7.76. The van der Waals surface area contributed by atoms with Crippen molar-refractivity contribution >= 4 is 11.6 Å². The Kier molecular flexibility index (Phi) is 8.60.